The van der Waals surface area contributed by atoms with Crippen molar-refractivity contribution in [2.24, 2.45) is 5.73 Å². The third-order valence-corrected chi connectivity index (χ3v) is 6.57. The van der Waals surface area contributed by atoms with E-state index in [4.69, 9.17) is 5.73 Å². The number of nitrogens with two attached hydrogens (primary N) is 1. The summed E-state index contributed by atoms with van der Waals surface area (Å²) in [4.78, 5) is 21.2. The van der Waals surface area contributed by atoms with Crippen LogP contribution < -0.4 is 16.4 Å². The van der Waals surface area contributed by atoms with Crippen LogP contribution in [0.3, 0.4) is 0 Å². The molecule has 1 saturated carbocycles. The van der Waals surface area contributed by atoms with Crippen molar-refractivity contribution >= 4 is 28.3 Å². The van der Waals surface area contributed by atoms with Gasteiger partial charge in [0.1, 0.15) is 11.5 Å². The molecule has 1 aliphatic carbocycles. The highest BCUT2D eigenvalue weighted by atomic mass is 19.1. The standard InChI is InChI=1S/C25H32FN5O/c1-3-15(4-2)22-13-20-23(29-18-11-7-17(27)8-12-18)21(14-28-24(20)31-22)25(32)30-19-9-5-16(26)6-10-19/h5-6,9-10,13-15,17-18H,3-4,7-8,11-12,27H2,1-2H3,(H,30,32)(H2,28,29,31). The molecule has 2 aromatic heterocycles. The van der Waals surface area contributed by atoms with Gasteiger partial charge in [0.05, 0.1) is 11.3 Å². The summed E-state index contributed by atoms with van der Waals surface area (Å²) in [5.41, 5.74) is 9.82. The number of aromatic amines is 1. The molecule has 32 heavy (non-hydrogen) atoms. The fourth-order valence-corrected chi connectivity index (χ4v) is 4.57. The van der Waals surface area contributed by atoms with Crippen LogP contribution in [0.25, 0.3) is 11.0 Å². The van der Waals surface area contributed by atoms with E-state index in [-0.39, 0.29) is 23.8 Å². The van der Waals surface area contributed by atoms with Gasteiger partial charge in [-0.2, -0.15) is 0 Å². The summed E-state index contributed by atoms with van der Waals surface area (Å²) in [7, 11) is 0. The number of anilines is 2. The number of amides is 1. The Hall–Kier alpha value is -2.93. The fourth-order valence-electron chi connectivity index (χ4n) is 4.57. The molecule has 1 aliphatic rings. The summed E-state index contributed by atoms with van der Waals surface area (Å²) in [5.74, 6) is -0.197. The van der Waals surface area contributed by atoms with Crippen molar-refractivity contribution in [3.8, 4) is 0 Å². The second kappa shape index (κ2) is 9.69. The minimum absolute atomic E-state index is 0.250. The maximum atomic E-state index is 13.3. The zero-order chi connectivity index (χ0) is 22.7. The van der Waals surface area contributed by atoms with Gasteiger partial charge in [0, 0.05) is 35.0 Å². The summed E-state index contributed by atoms with van der Waals surface area (Å²) in [6, 6.07) is 8.40. The number of H-pyrrole nitrogens is 1. The predicted molar refractivity (Wildman–Crippen MR) is 128 cm³/mol. The first-order chi connectivity index (χ1) is 15.5. The molecule has 0 atom stereocenters. The summed E-state index contributed by atoms with van der Waals surface area (Å²) in [6.07, 6.45) is 7.55. The number of rotatable bonds is 7. The fraction of sp³-hybridized carbons (Fsp3) is 0.440. The number of nitrogens with zero attached hydrogens (tertiary/aromatic N) is 1. The Morgan fingerprint density at radius 3 is 2.53 bits per heavy atom. The third-order valence-electron chi connectivity index (χ3n) is 6.57. The molecular formula is C25H32FN5O. The van der Waals surface area contributed by atoms with E-state index in [1.807, 2.05) is 0 Å². The summed E-state index contributed by atoms with van der Waals surface area (Å²) >= 11 is 0. The normalized spacial score (nSPS) is 18.8. The van der Waals surface area contributed by atoms with Crippen LogP contribution in [0.15, 0.2) is 36.5 Å². The Morgan fingerprint density at radius 2 is 1.88 bits per heavy atom. The molecule has 2 heterocycles. The second-order valence-electron chi connectivity index (χ2n) is 8.76. The summed E-state index contributed by atoms with van der Waals surface area (Å²) in [6.45, 7) is 4.36. The van der Waals surface area contributed by atoms with Crippen LogP contribution >= 0.6 is 0 Å². The number of hydrogen-bond donors (Lipinski definition) is 4. The van der Waals surface area contributed by atoms with Crippen molar-refractivity contribution in [1.29, 1.82) is 0 Å². The van der Waals surface area contributed by atoms with Gasteiger partial charge >= 0.3 is 0 Å². The average Bonchev–Trinajstić information content (AvgIpc) is 3.22. The number of nitrogens with one attached hydrogen (secondary N) is 3. The smallest absolute Gasteiger partial charge is 0.259 e. The number of fused-ring (bicyclic) bond motifs is 1. The number of carbonyl (C=O) groups excluding carboxylic acids is 1. The maximum Gasteiger partial charge on any atom is 0.259 e. The molecular weight excluding hydrogens is 405 g/mol. The zero-order valence-corrected chi connectivity index (χ0v) is 18.7. The molecule has 4 rings (SSSR count). The highest BCUT2D eigenvalue weighted by molar-refractivity contribution is 6.12. The number of benzene rings is 1. The number of aromatic nitrogens is 2. The Bertz CT molecular complexity index is 1070. The molecule has 3 aromatic rings. The summed E-state index contributed by atoms with van der Waals surface area (Å²) in [5, 5.41) is 7.44. The molecule has 0 aliphatic heterocycles. The van der Waals surface area contributed by atoms with Crippen molar-refractivity contribution in [2.45, 2.75) is 70.4 Å². The lowest BCUT2D eigenvalue weighted by Gasteiger charge is -2.28. The molecule has 0 saturated heterocycles. The molecule has 7 heteroatoms. The largest absolute Gasteiger partial charge is 0.381 e. The first kappa shape index (κ1) is 22.3. The number of halogens is 1. The quantitative estimate of drug-likeness (QED) is 0.390. The van der Waals surface area contributed by atoms with Gasteiger partial charge in [-0.1, -0.05) is 13.8 Å². The number of pyridine rings is 1. The molecule has 1 fully saturated rings. The van der Waals surface area contributed by atoms with Gasteiger partial charge in [-0.15, -0.1) is 0 Å². The van der Waals surface area contributed by atoms with Gasteiger partial charge in [-0.25, -0.2) is 9.37 Å². The van der Waals surface area contributed by atoms with Gasteiger partial charge in [-0.05, 0) is 74.8 Å². The van der Waals surface area contributed by atoms with E-state index in [9.17, 15) is 9.18 Å². The Morgan fingerprint density at radius 1 is 1.19 bits per heavy atom. The van der Waals surface area contributed by atoms with Crippen LogP contribution in [0.4, 0.5) is 15.8 Å². The van der Waals surface area contributed by atoms with Crippen LogP contribution in [-0.2, 0) is 0 Å². The predicted octanol–water partition coefficient (Wildman–Crippen LogP) is 5.54. The van der Waals surface area contributed by atoms with Crippen molar-refractivity contribution in [3.05, 3.63) is 53.6 Å². The van der Waals surface area contributed by atoms with Gasteiger partial charge in [0.15, 0.2) is 0 Å². The van der Waals surface area contributed by atoms with E-state index in [0.717, 1.165) is 60.9 Å². The van der Waals surface area contributed by atoms with Crippen LogP contribution in [0.5, 0.6) is 0 Å². The first-order valence-corrected chi connectivity index (χ1v) is 11.6. The molecule has 170 valence electrons. The van der Waals surface area contributed by atoms with E-state index in [0.29, 0.717) is 17.2 Å². The van der Waals surface area contributed by atoms with Gasteiger partial charge < -0.3 is 21.4 Å². The monoisotopic (exact) mass is 437 g/mol. The van der Waals surface area contributed by atoms with Crippen molar-refractivity contribution in [3.63, 3.8) is 0 Å². The van der Waals surface area contributed by atoms with Gasteiger partial charge in [0.25, 0.3) is 5.91 Å². The lowest BCUT2D eigenvalue weighted by Crippen LogP contribution is -2.33. The molecule has 1 aromatic carbocycles. The maximum absolute atomic E-state index is 13.3. The van der Waals surface area contributed by atoms with Crippen molar-refractivity contribution in [1.82, 2.24) is 9.97 Å². The minimum atomic E-state index is -0.342. The molecule has 5 N–H and O–H groups in total. The van der Waals surface area contributed by atoms with E-state index >= 15 is 0 Å². The molecule has 1 amide bonds. The third kappa shape index (κ3) is 4.78. The van der Waals surface area contributed by atoms with Gasteiger partial charge in [0.2, 0.25) is 0 Å². The molecule has 6 nitrogen and oxygen atoms in total. The van der Waals surface area contributed by atoms with E-state index in [2.05, 4.69) is 40.5 Å². The Labute approximate surface area is 188 Å². The lowest BCUT2D eigenvalue weighted by atomic mass is 9.91. The number of carbonyl (C=O) groups is 1. The highest BCUT2D eigenvalue weighted by Crippen LogP contribution is 2.33. The molecule has 0 unspecified atom stereocenters. The number of hydrogen-bond acceptors (Lipinski definition) is 4. The molecule has 0 spiro atoms. The zero-order valence-electron chi connectivity index (χ0n) is 18.7. The van der Waals surface area contributed by atoms with Crippen molar-refractivity contribution in [2.75, 3.05) is 10.6 Å². The Kier molecular flexibility index (Phi) is 6.74. The van der Waals surface area contributed by atoms with Crippen LogP contribution in [0.1, 0.15) is 74.3 Å². The molecule has 0 bridgehead atoms. The summed E-state index contributed by atoms with van der Waals surface area (Å²) < 4.78 is 13.3. The second-order valence-corrected chi connectivity index (χ2v) is 8.76. The van der Waals surface area contributed by atoms with Crippen LogP contribution in [0.2, 0.25) is 0 Å². The van der Waals surface area contributed by atoms with Crippen LogP contribution in [-0.4, -0.2) is 28.0 Å². The van der Waals surface area contributed by atoms with Gasteiger partial charge in [-0.3, -0.25) is 4.79 Å². The van der Waals surface area contributed by atoms with Crippen LogP contribution in [0, 0.1) is 5.82 Å². The lowest BCUT2D eigenvalue weighted by molar-refractivity contribution is 0.102. The molecule has 0 radical (unpaired) electrons. The average molecular weight is 438 g/mol. The van der Waals surface area contributed by atoms with E-state index < -0.39 is 0 Å². The van der Waals surface area contributed by atoms with E-state index in [1.165, 1.54) is 12.1 Å². The topological polar surface area (TPSA) is 95.8 Å². The first-order valence-electron chi connectivity index (χ1n) is 11.6. The minimum Gasteiger partial charge on any atom is -0.381 e. The Balaban J connectivity index is 1.71. The SMILES string of the molecule is CCC(CC)c1cc2c(NC3CCC(N)CC3)c(C(=O)Nc3ccc(F)cc3)cnc2[nH]1. The van der Waals surface area contributed by atoms with E-state index in [1.54, 1.807) is 18.3 Å². The van der Waals surface area contributed by atoms with Crippen molar-refractivity contribution < 1.29 is 9.18 Å². The highest BCUT2D eigenvalue weighted by Gasteiger charge is 2.24.